The SMILES string of the molecule is [2H]c1nn(-c2ncccc2B2OC(C)(C)C(C)(C)O2)c([2H])c1Br. The van der Waals surface area contributed by atoms with Gasteiger partial charge in [-0.25, -0.2) is 9.67 Å². The lowest BCUT2D eigenvalue weighted by Crippen LogP contribution is -2.41. The van der Waals surface area contributed by atoms with E-state index >= 15 is 0 Å². The van der Waals surface area contributed by atoms with Gasteiger partial charge in [0.05, 0.1) is 24.6 Å². The van der Waals surface area contributed by atoms with Crippen molar-refractivity contribution in [3.05, 3.63) is 35.1 Å². The third kappa shape index (κ3) is 2.54. The van der Waals surface area contributed by atoms with Gasteiger partial charge < -0.3 is 9.31 Å². The second-order valence-electron chi connectivity index (χ2n) is 5.95. The van der Waals surface area contributed by atoms with Crippen LogP contribution in [0.1, 0.15) is 30.4 Å². The van der Waals surface area contributed by atoms with Crippen molar-refractivity contribution in [2.75, 3.05) is 0 Å². The van der Waals surface area contributed by atoms with E-state index in [1.165, 1.54) is 4.68 Å². The van der Waals surface area contributed by atoms with Crippen molar-refractivity contribution in [3.63, 3.8) is 0 Å². The molecule has 3 heterocycles. The molecule has 0 spiro atoms. The van der Waals surface area contributed by atoms with Crippen LogP contribution in [0, 0.1) is 0 Å². The lowest BCUT2D eigenvalue weighted by atomic mass is 9.79. The third-order valence-corrected chi connectivity index (χ3v) is 4.33. The van der Waals surface area contributed by atoms with Crippen LogP contribution in [-0.2, 0) is 9.31 Å². The molecule has 2 aromatic rings. The Kier molecular flexibility index (Phi) is 2.91. The second kappa shape index (κ2) is 4.93. The molecule has 0 amide bonds. The zero-order valence-electron chi connectivity index (χ0n) is 14.3. The molecule has 0 aromatic carbocycles. The summed E-state index contributed by atoms with van der Waals surface area (Å²) in [6.45, 7) is 7.91. The highest BCUT2D eigenvalue weighted by atomic mass is 79.9. The van der Waals surface area contributed by atoms with Gasteiger partial charge in [-0.2, -0.15) is 5.10 Å². The monoisotopic (exact) mass is 351 g/mol. The molecular formula is C14H17BBrN3O2. The largest absolute Gasteiger partial charge is 0.498 e. The van der Waals surface area contributed by atoms with Crippen molar-refractivity contribution in [1.29, 1.82) is 0 Å². The molecule has 0 unspecified atom stereocenters. The van der Waals surface area contributed by atoms with Crippen molar-refractivity contribution in [2.24, 2.45) is 0 Å². The van der Waals surface area contributed by atoms with Crippen LogP contribution in [0.3, 0.4) is 0 Å². The summed E-state index contributed by atoms with van der Waals surface area (Å²) in [5.74, 6) is 0.426. The first-order valence-electron chi connectivity index (χ1n) is 7.67. The van der Waals surface area contributed by atoms with Gasteiger partial charge in [0, 0.05) is 17.8 Å². The third-order valence-electron chi connectivity index (χ3n) is 3.98. The summed E-state index contributed by atoms with van der Waals surface area (Å²) in [6, 6.07) is 3.62. The van der Waals surface area contributed by atoms with Crippen LogP contribution in [0.4, 0.5) is 0 Å². The van der Waals surface area contributed by atoms with Gasteiger partial charge in [-0.3, -0.25) is 0 Å². The maximum Gasteiger partial charge on any atom is 0.498 e. The van der Waals surface area contributed by atoms with Gasteiger partial charge in [-0.05, 0) is 49.7 Å². The first-order chi connectivity index (χ1) is 10.6. The second-order valence-corrected chi connectivity index (χ2v) is 6.75. The molecular weight excluding hydrogens is 333 g/mol. The minimum Gasteiger partial charge on any atom is -0.399 e. The molecule has 5 nitrogen and oxygen atoms in total. The summed E-state index contributed by atoms with van der Waals surface area (Å²) in [5, 5.41) is 4.06. The lowest BCUT2D eigenvalue weighted by Gasteiger charge is -2.32. The zero-order valence-corrected chi connectivity index (χ0v) is 13.9. The Bertz CT molecular complexity index is 750. The molecule has 110 valence electrons. The molecule has 0 N–H and O–H groups in total. The minimum absolute atomic E-state index is 0.0134. The van der Waals surface area contributed by atoms with Crippen molar-refractivity contribution in [2.45, 2.75) is 38.9 Å². The lowest BCUT2D eigenvalue weighted by molar-refractivity contribution is 0.00578. The maximum atomic E-state index is 8.09. The number of pyridine rings is 1. The molecule has 21 heavy (non-hydrogen) atoms. The fourth-order valence-electron chi connectivity index (χ4n) is 2.08. The number of hydrogen-bond acceptors (Lipinski definition) is 4. The summed E-state index contributed by atoms with van der Waals surface area (Å²) in [7, 11) is -0.611. The smallest absolute Gasteiger partial charge is 0.399 e. The van der Waals surface area contributed by atoms with Crippen LogP contribution >= 0.6 is 15.9 Å². The topological polar surface area (TPSA) is 49.2 Å². The molecule has 7 heteroatoms. The van der Waals surface area contributed by atoms with Crippen LogP contribution in [-0.4, -0.2) is 33.1 Å². The maximum absolute atomic E-state index is 8.09. The van der Waals surface area contributed by atoms with E-state index in [0.717, 1.165) is 0 Å². The Hall–Kier alpha value is -1.18. The number of halogens is 1. The summed E-state index contributed by atoms with van der Waals surface area (Å²) >= 11 is 3.19. The van der Waals surface area contributed by atoms with Gasteiger partial charge in [-0.15, -0.1) is 0 Å². The highest BCUT2D eigenvalue weighted by molar-refractivity contribution is 9.10. The molecule has 0 saturated carbocycles. The fourth-order valence-corrected chi connectivity index (χ4v) is 2.32. The first-order valence-corrected chi connectivity index (χ1v) is 7.46. The number of nitrogens with zero attached hydrogens (tertiary/aromatic N) is 3. The molecule has 0 bridgehead atoms. The van der Waals surface area contributed by atoms with E-state index in [9.17, 15) is 0 Å². The summed E-state index contributed by atoms with van der Waals surface area (Å²) in [6.07, 6.45) is 1.66. The average Bonchev–Trinajstić information content (AvgIpc) is 2.86. The standard InChI is InChI=1S/C14H17BBrN3O2/c1-13(2)14(3,4)21-15(20-13)11-6-5-7-17-12(11)19-9-10(16)8-18-19/h5-9H,1-4H3/i8D,9D. The van der Waals surface area contributed by atoms with E-state index in [2.05, 4.69) is 26.0 Å². The molecule has 1 aliphatic rings. The number of hydrogen-bond donors (Lipinski definition) is 0. The van der Waals surface area contributed by atoms with E-state index in [-0.39, 0.29) is 12.3 Å². The van der Waals surface area contributed by atoms with Crippen molar-refractivity contribution in [3.8, 4) is 5.82 Å². The van der Waals surface area contributed by atoms with E-state index in [1.54, 1.807) is 12.3 Å². The van der Waals surface area contributed by atoms with Crippen LogP contribution in [0.25, 0.3) is 5.82 Å². The Morgan fingerprint density at radius 2 is 1.95 bits per heavy atom. The molecule has 0 atom stereocenters. The van der Waals surface area contributed by atoms with Gasteiger partial charge in [-0.1, -0.05) is 6.07 Å². The van der Waals surface area contributed by atoms with E-state index in [1.807, 2.05) is 33.8 Å². The minimum atomic E-state index is -0.611. The zero-order chi connectivity index (χ0) is 17.0. The predicted octanol–water partition coefficient (Wildman–Crippen LogP) is 2.33. The highest BCUT2D eigenvalue weighted by Gasteiger charge is 2.52. The molecule has 3 rings (SSSR count). The summed E-state index contributed by atoms with van der Waals surface area (Å²) in [5.41, 5.74) is -0.269. The Morgan fingerprint density at radius 1 is 1.29 bits per heavy atom. The quantitative estimate of drug-likeness (QED) is 0.779. The van der Waals surface area contributed by atoms with Crippen molar-refractivity contribution >= 4 is 28.5 Å². The molecule has 0 aliphatic carbocycles. The van der Waals surface area contributed by atoms with Gasteiger partial charge in [0.25, 0.3) is 0 Å². The Balaban J connectivity index is 2.08. The van der Waals surface area contributed by atoms with Gasteiger partial charge in [0.1, 0.15) is 0 Å². The predicted molar refractivity (Wildman–Crippen MR) is 84.8 cm³/mol. The Labute approximate surface area is 135 Å². The van der Waals surface area contributed by atoms with Crippen molar-refractivity contribution < 1.29 is 12.1 Å². The normalized spacial score (nSPS) is 21.3. The average molecular weight is 352 g/mol. The van der Waals surface area contributed by atoms with Crippen LogP contribution < -0.4 is 5.46 Å². The summed E-state index contributed by atoms with van der Waals surface area (Å²) < 4.78 is 29.6. The number of rotatable bonds is 2. The van der Waals surface area contributed by atoms with Crippen molar-refractivity contribution in [1.82, 2.24) is 14.8 Å². The molecule has 1 aliphatic heterocycles. The summed E-state index contributed by atoms with van der Waals surface area (Å²) in [4.78, 5) is 4.32. The van der Waals surface area contributed by atoms with E-state index in [4.69, 9.17) is 12.1 Å². The molecule has 0 radical (unpaired) electrons. The highest BCUT2D eigenvalue weighted by Crippen LogP contribution is 2.36. The van der Waals surface area contributed by atoms with Crippen LogP contribution in [0.5, 0.6) is 0 Å². The van der Waals surface area contributed by atoms with Gasteiger partial charge in [0.2, 0.25) is 0 Å². The van der Waals surface area contributed by atoms with Gasteiger partial charge >= 0.3 is 7.12 Å². The Morgan fingerprint density at radius 3 is 2.52 bits per heavy atom. The van der Waals surface area contributed by atoms with Crippen LogP contribution in [0.2, 0.25) is 0 Å². The number of aromatic nitrogens is 3. The van der Waals surface area contributed by atoms with Crippen LogP contribution in [0.15, 0.2) is 35.1 Å². The van der Waals surface area contributed by atoms with Gasteiger partial charge in [0.15, 0.2) is 5.82 Å². The molecule has 2 aromatic heterocycles. The molecule has 1 saturated heterocycles. The van der Waals surface area contributed by atoms with E-state index in [0.29, 0.717) is 15.8 Å². The molecule has 1 fully saturated rings. The van der Waals surface area contributed by atoms with E-state index < -0.39 is 18.3 Å². The first kappa shape index (κ1) is 12.4. The fraction of sp³-hybridized carbons (Fsp3) is 0.429.